The van der Waals surface area contributed by atoms with Crippen molar-refractivity contribution in [2.24, 2.45) is 0 Å². The second kappa shape index (κ2) is 4.14. The minimum Gasteiger partial charge on any atom is -0.454 e. The topological polar surface area (TPSA) is 51.0 Å². The standard InChI is InChI=1S/C14H13N3O/c1-9-4-3-5-10-6-12(18-14(9)10)11-7-16-8-13(15-2)17-11/h3-8H,1-2H3,(H,15,17). The third-order valence-corrected chi connectivity index (χ3v) is 2.88. The molecule has 0 radical (unpaired) electrons. The van der Waals surface area contributed by atoms with Crippen molar-refractivity contribution in [1.82, 2.24) is 9.97 Å². The van der Waals surface area contributed by atoms with Gasteiger partial charge in [-0.15, -0.1) is 0 Å². The lowest BCUT2D eigenvalue weighted by molar-refractivity contribution is 0.625. The van der Waals surface area contributed by atoms with Crippen LogP contribution in [0.1, 0.15) is 5.56 Å². The van der Waals surface area contributed by atoms with Crippen LogP contribution in [0, 0.1) is 6.92 Å². The molecule has 0 amide bonds. The molecule has 1 N–H and O–H groups in total. The molecule has 18 heavy (non-hydrogen) atoms. The smallest absolute Gasteiger partial charge is 0.155 e. The predicted molar refractivity (Wildman–Crippen MR) is 71.5 cm³/mol. The number of anilines is 1. The van der Waals surface area contributed by atoms with E-state index in [4.69, 9.17) is 4.42 Å². The Morgan fingerprint density at radius 3 is 2.89 bits per heavy atom. The third-order valence-electron chi connectivity index (χ3n) is 2.88. The Morgan fingerprint density at radius 1 is 1.22 bits per heavy atom. The number of hydrogen-bond acceptors (Lipinski definition) is 4. The van der Waals surface area contributed by atoms with Gasteiger partial charge in [0, 0.05) is 12.4 Å². The summed E-state index contributed by atoms with van der Waals surface area (Å²) >= 11 is 0. The van der Waals surface area contributed by atoms with Gasteiger partial charge in [-0.3, -0.25) is 4.98 Å². The van der Waals surface area contributed by atoms with E-state index in [1.165, 1.54) is 0 Å². The van der Waals surface area contributed by atoms with Crippen LogP contribution in [0.3, 0.4) is 0 Å². The molecule has 0 aliphatic rings. The lowest BCUT2D eigenvalue weighted by Crippen LogP contribution is -1.94. The van der Waals surface area contributed by atoms with Crippen molar-refractivity contribution >= 4 is 16.8 Å². The second-order valence-corrected chi connectivity index (χ2v) is 4.14. The Hall–Kier alpha value is -2.36. The van der Waals surface area contributed by atoms with Crippen LogP contribution < -0.4 is 5.32 Å². The molecule has 0 fully saturated rings. The number of nitrogens with one attached hydrogen (secondary N) is 1. The first kappa shape index (κ1) is 10.8. The van der Waals surface area contributed by atoms with Crippen LogP contribution in [0.5, 0.6) is 0 Å². The first-order chi connectivity index (χ1) is 8.78. The van der Waals surface area contributed by atoms with Crippen molar-refractivity contribution in [3.8, 4) is 11.5 Å². The quantitative estimate of drug-likeness (QED) is 0.745. The molecule has 1 aromatic carbocycles. The van der Waals surface area contributed by atoms with Gasteiger partial charge in [0.1, 0.15) is 17.1 Å². The molecule has 0 aliphatic carbocycles. The summed E-state index contributed by atoms with van der Waals surface area (Å²) in [4.78, 5) is 8.56. The number of fused-ring (bicyclic) bond motifs is 1. The number of furan rings is 1. The summed E-state index contributed by atoms with van der Waals surface area (Å²) in [5.74, 6) is 1.47. The maximum absolute atomic E-state index is 5.85. The van der Waals surface area contributed by atoms with Gasteiger partial charge in [-0.2, -0.15) is 0 Å². The average Bonchev–Trinajstić information content (AvgIpc) is 2.84. The van der Waals surface area contributed by atoms with E-state index in [2.05, 4.69) is 15.3 Å². The lowest BCUT2D eigenvalue weighted by atomic mass is 10.2. The van der Waals surface area contributed by atoms with Crippen molar-refractivity contribution in [3.63, 3.8) is 0 Å². The highest BCUT2D eigenvalue weighted by Crippen LogP contribution is 2.28. The molecule has 90 valence electrons. The second-order valence-electron chi connectivity index (χ2n) is 4.14. The highest BCUT2D eigenvalue weighted by atomic mass is 16.3. The van der Waals surface area contributed by atoms with Crippen molar-refractivity contribution in [1.29, 1.82) is 0 Å². The van der Waals surface area contributed by atoms with E-state index in [0.29, 0.717) is 0 Å². The zero-order chi connectivity index (χ0) is 12.5. The first-order valence-corrected chi connectivity index (χ1v) is 5.77. The van der Waals surface area contributed by atoms with Gasteiger partial charge in [-0.05, 0) is 18.6 Å². The van der Waals surface area contributed by atoms with Crippen LogP contribution in [0.2, 0.25) is 0 Å². The van der Waals surface area contributed by atoms with Gasteiger partial charge >= 0.3 is 0 Å². The Bertz CT molecular complexity index is 703. The molecule has 0 spiro atoms. The Labute approximate surface area is 105 Å². The molecule has 2 aromatic heterocycles. The van der Waals surface area contributed by atoms with Crippen LogP contribution in [0.25, 0.3) is 22.4 Å². The summed E-state index contributed by atoms with van der Waals surface area (Å²) in [5.41, 5.74) is 2.76. The largest absolute Gasteiger partial charge is 0.454 e. The molecule has 0 unspecified atom stereocenters. The molecular weight excluding hydrogens is 226 g/mol. The Balaban J connectivity index is 2.16. The van der Waals surface area contributed by atoms with E-state index in [9.17, 15) is 0 Å². The van der Waals surface area contributed by atoms with Crippen molar-refractivity contribution in [2.45, 2.75) is 6.92 Å². The van der Waals surface area contributed by atoms with Crippen LogP contribution in [-0.2, 0) is 0 Å². The molecule has 3 aromatic rings. The highest BCUT2D eigenvalue weighted by molar-refractivity contribution is 5.84. The van der Waals surface area contributed by atoms with Gasteiger partial charge in [0.05, 0.1) is 12.4 Å². The normalized spacial score (nSPS) is 10.8. The van der Waals surface area contributed by atoms with E-state index >= 15 is 0 Å². The molecule has 0 atom stereocenters. The molecule has 4 heteroatoms. The van der Waals surface area contributed by atoms with Crippen LogP contribution >= 0.6 is 0 Å². The van der Waals surface area contributed by atoms with Crippen LogP contribution in [-0.4, -0.2) is 17.0 Å². The van der Waals surface area contributed by atoms with Gasteiger partial charge in [-0.1, -0.05) is 18.2 Å². The third kappa shape index (κ3) is 1.72. The molecule has 3 rings (SSSR count). The lowest BCUT2D eigenvalue weighted by Gasteiger charge is -1.99. The summed E-state index contributed by atoms with van der Waals surface area (Å²) in [5, 5.41) is 4.05. The average molecular weight is 239 g/mol. The summed E-state index contributed by atoms with van der Waals surface area (Å²) in [6.07, 6.45) is 3.38. The van der Waals surface area contributed by atoms with E-state index in [-0.39, 0.29) is 0 Å². The number of rotatable bonds is 2. The minimum atomic E-state index is 0.727. The SMILES string of the molecule is CNc1cncc(-c2cc3cccc(C)c3o2)n1. The number of aromatic nitrogens is 2. The van der Waals surface area contributed by atoms with Crippen molar-refractivity contribution in [2.75, 3.05) is 12.4 Å². The molecular formula is C14H13N3O. The fourth-order valence-electron chi connectivity index (χ4n) is 1.94. The minimum absolute atomic E-state index is 0.727. The maximum Gasteiger partial charge on any atom is 0.155 e. The van der Waals surface area contributed by atoms with Gasteiger partial charge in [0.15, 0.2) is 5.76 Å². The zero-order valence-electron chi connectivity index (χ0n) is 10.3. The van der Waals surface area contributed by atoms with Gasteiger partial charge in [-0.25, -0.2) is 4.98 Å². The number of hydrogen-bond donors (Lipinski definition) is 1. The molecule has 0 bridgehead atoms. The zero-order valence-corrected chi connectivity index (χ0v) is 10.3. The number of aryl methyl sites for hydroxylation is 1. The Kier molecular flexibility index (Phi) is 2.48. The van der Waals surface area contributed by atoms with Gasteiger partial charge < -0.3 is 9.73 Å². The highest BCUT2D eigenvalue weighted by Gasteiger charge is 2.09. The summed E-state index contributed by atoms with van der Waals surface area (Å²) in [7, 11) is 1.82. The Morgan fingerprint density at radius 2 is 2.11 bits per heavy atom. The molecule has 2 heterocycles. The van der Waals surface area contributed by atoms with Crippen LogP contribution in [0.4, 0.5) is 5.82 Å². The molecule has 0 saturated carbocycles. The maximum atomic E-state index is 5.85. The molecule has 0 saturated heterocycles. The summed E-state index contributed by atoms with van der Waals surface area (Å²) < 4.78 is 5.85. The van der Waals surface area contributed by atoms with Crippen LogP contribution in [0.15, 0.2) is 41.1 Å². The van der Waals surface area contributed by atoms with Crippen molar-refractivity contribution < 1.29 is 4.42 Å². The van der Waals surface area contributed by atoms with Gasteiger partial charge in [0.2, 0.25) is 0 Å². The fraction of sp³-hybridized carbons (Fsp3) is 0.143. The van der Waals surface area contributed by atoms with E-state index in [0.717, 1.165) is 33.8 Å². The number of benzene rings is 1. The summed E-state index contributed by atoms with van der Waals surface area (Å²) in [6.45, 7) is 2.03. The number of nitrogens with zero attached hydrogens (tertiary/aromatic N) is 2. The molecule has 0 aliphatic heterocycles. The predicted octanol–water partition coefficient (Wildman–Crippen LogP) is 3.24. The number of para-hydroxylation sites is 1. The van der Waals surface area contributed by atoms with E-state index < -0.39 is 0 Å². The monoisotopic (exact) mass is 239 g/mol. The summed E-state index contributed by atoms with van der Waals surface area (Å²) in [6, 6.07) is 8.08. The first-order valence-electron chi connectivity index (χ1n) is 5.77. The van der Waals surface area contributed by atoms with Crippen molar-refractivity contribution in [3.05, 3.63) is 42.2 Å². The fourth-order valence-corrected chi connectivity index (χ4v) is 1.94. The van der Waals surface area contributed by atoms with Gasteiger partial charge in [0.25, 0.3) is 0 Å². The van der Waals surface area contributed by atoms with E-state index in [1.807, 2.05) is 38.2 Å². The van der Waals surface area contributed by atoms with E-state index in [1.54, 1.807) is 12.4 Å². The molecule has 4 nitrogen and oxygen atoms in total.